The van der Waals surface area contributed by atoms with Crippen molar-refractivity contribution in [3.05, 3.63) is 94.3 Å². The van der Waals surface area contributed by atoms with Crippen molar-refractivity contribution >= 4 is 38.6 Å². The van der Waals surface area contributed by atoms with Gasteiger partial charge < -0.3 is 9.73 Å². The average molecular weight is 407 g/mol. The molecule has 0 fully saturated rings. The van der Waals surface area contributed by atoms with Crippen molar-refractivity contribution < 1.29 is 9.21 Å². The lowest BCUT2D eigenvalue weighted by Gasteiger charge is -2.06. The molecule has 0 aliphatic carbocycles. The molecule has 1 N–H and O–H groups in total. The van der Waals surface area contributed by atoms with E-state index in [9.17, 15) is 4.79 Å². The first-order valence-corrected chi connectivity index (χ1v) is 8.97. The summed E-state index contributed by atoms with van der Waals surface area (Å²) in [7, 11) is 0. The highest BCUT2D eigenvalue weighted by Gasteiger charge is 2.08. The summed E-state index contributed by atoms with van der Waals surface area (Å²) in [6.45, 7) is 0. The van der Waals surface area contributed by atoms with E-state index in [4.69, 9.17) is 4.42 Å². The Morgan fingerprint density at radius 3 is 2.42 bits per heavy atom. The van der Waals surface area contributed by atoms with E-state index >= 15 is 0 Å². The van der Waals surface area contributed by atoms with Crippen molar-refractivity contribution in [2.45, 2.75) is 6.42 Å². The number of para-hydroxylation sites is 2. The summed E-state index contributed by atoms with van der Waals surface area (Å²) in [6, 6.07) is 22.7. The van der Waals surface area contributed by atoms with Crippen LogP contribution in [-0.2, 0) is 6.42 Å². The number of fused-ring (bicyclic) bond motifs is 1. The van der Waals surface area contributed by atoms with E-state index in [0.717, 1.165) is 26.8 Å². The Hall–Kier alpha value is -2.92. The molecule has 26 heavy (non-hydrogen) atoms. The van der Waals surface area contributed by atoms with Gasteiger partial charge in [-0.2, -0.15) is 0 Å². The van der Waals surface area contributed by atoms with Crippen LogP contribution in [0.4, 0.5) is 5.69 Å². The van der Waals surface area contributed by atoms with Gasteiger partial charge in [-0.25, -0.2) is 4.98 Å². The molecule has 5 heteroatoms. The minimum absolute atomic E-state index is 0.135. The predicted octanol–water partition coefficient (Wildman–Crippen LogP) is 5.43. The summed E-state index contributed by atoms with van der Waals surface area (Å²) in [5, 5.41) is 2.90. The molecule has 0 radical (unpaired) electrons. The topological polar surface area (TPSA) is 55.1 Å². The second kappa shape index (κ2) is 7.14. The van der Waals surface area contributed by atoms with Gasteiger partial charge >= 0.3 is 0 Å². The zero-order valence-corrected chi connectivity index (χ0v) is 15.4. The number of nitrogens with zero attached hydrogens (tertiary/aromatic N) is 1. The van der Waals surface area contributed by atoms with Gasteiger partial charge in [-0.1, -0.05) is 40.2 Å². The maximum absolute atomic E-state index is 12.2. The highest BCUT2D eigenvalue weighted by atomic mass is 79.9. The number of carbonyl (C=O) groups excluding carboxylic acids is 1. The van der Waals surface area contributed by atoms with Crippen LogP contribution in [-0.4, -0.2) is 10.9 Å². The fraction of sp³-hybridized carbons (Fsp3) is 0.0476. The van der Waals surface area contributed by atoms with E-state index < -0.39 is 0 Å². The lowest BCUT2D eigenvalue weighted by molar-refractivity contribution is 0.102. The molecule has 0 aliphatic rings. The Balaban J connectivity index is 1.44. The highest BCUT2D eigenvalue weighted by Crippen LogP contribution is 2.19. The number of halogens is 1. The van der Waals surface area contributed by atoms with Crippen LogP contribution in [0.2, 0.25) is 0 Å². The minimum Gasteiger partial charge on any atom is -0.440 e. The van der Waals surface area contributed by atoms with E-state index in [1.165, 1.54) is 0 Å². The van der Waals surface area contributed by atoms with Crippen LogP contribution < -0.4 is 5.32 Å². The number of nitrogens with one attached hydrogen (secondary N) is 1. The second-order valence-corrected chi connectivity index (χ2v) is 6.83. The molecule has 0 saturated carbocycles. The molecule has 1 amide bonds. The Kier molecular flexibility index (Phi) is 4.54. The minimum atomic E-state index is -0.135. The molecule has 1 heterocycles. The number of rotatable bonds is 4. The van der Waals surface area contributed by atoms with Gasteiger partial charge in [0.2, 0.25) is 0 Å². The van der Waals surface area contributed by atoms with Gasteiger partial charge in [0.1, 0.15) is 5.52 Å². The Morgan fingerprint density at radius 2 is 1.69 bits per heavy atom. The predicted molar refractivity (Wildman–Crippen MR) is 105 cm³/mol. The molecule has 0 saturated heterocycles. The molecule has 0 atom stereocenters. The van der Waals surface area contributed by atoms with Crippen molar-refractivity contribution in [3.8, 4) is 0 Å². The van der Waals surface area contributed by atoms with Gasteiger partial charge in [0.15, 0.2) is 11.5 Å². The van der Waals surface area contributed by atoms with Crippen LogP contribution >= 0.6 is 15.9 Å². The normalized spacial score (nSPS) is 10.8. The number of anilines is 1. The molecule has 0 bridgehead atoms. The van der Waals surface area contributed by atoms with Crippen molar-refractivity contribution in [1.29, 1.82) is 0 Å². The number of carbonyl (C=O) groups is 1. The number of amides is 1. The van der Waals surface area contributed by atoms with Gasteiger partial charge in [-0.3, -0.25) is 4.79 Å². The van der Waals surface area contributed by atoms with Crippen molar-refractivity contribution in [2.75, 3.05) is 5.32 Å². The number of aromatic nitrogens is 1. The fourth-order valence-corrected chi connectivity index (χ4v) is 2.94. The SMILES string of the molecule is O=C(Nc1ccc(Cc2nc3ccccc3o2)cc1)c1ccc(Br)cc1. The van der Waals surface area contributed by atoms with Crippen LogP contribution in [0.5, 0.6) is 0 Å². The van der Waals surface area contributed by atoms with Gasteiger partial charge in [0, 0.05) is 22.1 Å². The largest absolute Gasteiger partial charge is 0.440 e. The molecule has 0 spiro atoms. The Labute approximate surface area is 159 Å². The zero-order chi connectivity index (χ0) is 17.9. The lowest BCUT2D eigenvalue weighted by atomic mass is 10.1. The standard InChI is InChI=1S/C21H15BrN2O2/c22-16-9-7-15(8-10-16)21(25)23-17-11-5-14(6-12-17)13-20-24-18-3-1-2-4-19(18)26-20/h1-12H,13H2,(H,23,25). The van der Waals surface area contributed by atoms with Gasteiger partial charge in [-0.15, -0.1) is 0 Å². The molecule has 3 aromatic carbocycles. The third-order valence-corrected chi connectivity index (χ3v) is 4.54. The molecular formula is C21H15BrN2O2. The first kappa shape index (κ1) is 16.5. The lowest BCUT2D eigenvalue weighted by Crippen LogP contribution is -2.11. The first-order valence-electron chi connectivity index (χ1n) is 8.18. The van der Waals surface area contributed by atoms with E-state index in [1.54, 1.807) is 12.1 Å². The number of hydrogen-bond acceptors (Lipinski definition) is 3. The van der Waals surface area contributed by atoms with Gasteiger partial charge in [0.25, 0.3) is 5.91 Å². The van der Waals surface area contributed by atoms with Crippen molar-refractivity contribution in [2.24, 2.45) is 0 Å². The second-order valence-electron chi connectivity index (χ2n) is 5.91. The molecule has 4 aromatic rings. The van der Waals surface area contributed by atoms with Crippen LogP contribution in [0.25, 0.3) is 11.1 Å². The number of oxazole rings is 1. The maximum Gasteiger partial charge on any atom is 0.255 e. The average Bonchev–Trinajstić information content (AvgIpc) is 3.06. The summed E-state index contributed by atoms with van der Waals surface area (Å²) in [5.41, 5.74) is 4.09. The van der Waals surface area contributed by atoms with Crippen LogP contribution in [0.3, 0.4) is 0 Å². The number of hydrogen-bond donors (Lipinski definition) is 1. The zero-order valence-electron chi connectivity index (χ0n) is 13.8. The van der Waals surface area contributed by atoms with E-state index in [0.29, 0.717) is 17.9 Å². The first-order chi connectivity index (χ1) is 12.7. The monoisotopic (exact) mass is 406 g/mol. The van der Waals surface area contributed by atoms with Crippen molar-refractivity contribution in [3.63, 3.8) is 0 Å². The third kappa shape index (κ3) is 3.68. The number of benzene rings is 3. The van der Waals surface area contributed by atoms with Crippen LogP contribution in [0, 0.1) is 0 Å². The molecule has 0 unspecified atom stereocenters. The van der Waals surface area contributed by atoms with E-state index in [-0.39, 0.29) is 5.91 Å². The molecule has 4 nitrogen and oxygen atoms in total. The fourth-order valence-electron chi connectivity index (χ4n) is 2.68. The van der Waals surface area contributed by atoms with Gasteiger partial charge in [-0.05, 0) is 54.1 Å². The summed E-state index contributed by atoms with van der Waals surface area (Å²) < 4.78 is 6.69. The van der Waals surface area contributed by atoms with Crippen LogP contribution in [0.15, 0.2) is 81.7 Å². The van der Waals surface area contributed by atoms with E-state index in [2.05, 4.69) is 26.2 Å². The molecule has 1 aromatic heterocycles. The summed E-state index contributed by atoms with van der Waals surface area (Å²) in [6.07, 6.45) is 0.607. The summed E-state index contributed by atoms with van der Waals surface area (Å²) in [5.74, 6) is 0.544. The molecule has 4 rings (SSSR count). The van der Waals surface area contributed by atoms with E-state index in [1.807, 2.05) is 60.7 Å². The maximum atomic E-state index is 12.2. The Bertz CT molecular complexity index is 1020. The third-order valence-electron chi connectivity index (χ3n) is 4.01. The quantitative estimate of drug-likeness (QED) is 0.491. The highest BCUT2D eigenvalue weighted by molar-refractivity contribution is 9.10. The smallest absolute Gasteiger partial charge is 0.255 e. The summed E-state index contributed by atoms with van der Waals surface area (Å²) in [4.78, 5) is 16.7. The molecular weight excluding hydrogens is 392 g/mol. The molecule has 128 valence electrons. The van der Waals surface area contributed by atoms with Gasteiger partial charge in [0.05, 0.1) is 0 Å². The van der Waals surface area contributed by atoms with Crippen molar-refractivity contribution in [1.82, 2.24) is 4.98 Å². The Morgan fingerprint density at radius 1 is 0.962 bits per heavy atom. The summed E-state index contributed by atoms with van der Waals surface area (Å²) >= 11 is 3.36. The van der Waals surface area contributed by atoms with Crippen LogP contribution in [0.1, 0.15) is 21.8 Å². The molecule has 0 aliphatic heterocycles.